The van der Waals surface area contributed by atoms with Gasteiger partial charge in [-0.05, 0) is 24.3 Å². The van der Waals surface area contributed by atoms with E-state index < -0.39 is 0 Å². The molecule has 0 radical (unpaired) electrons. The fourth-order valence-corrected chi connectivity index (χ4v) is 4.26. The van der Waals surface area contributed by atoms with Crippen molar-refractivity contribution in [2.75, 3.05) is 25.4 Å². The largest absolute Gasteiger partial charge is 0.340 e. The van der Waals surface area contributed by atoms with Crippen molar-refractivity contribution in [1.82, 2.24) is 14.8 Å². The van der Waals surface area contributed by atoms with Gasteiger partial charge in [0.05, 0.1) is 5.75 Å². The Bertz CT molecular complexity index is 869. The summed E-state index contributed by atoms with van der Waals surface area (Å²) in [4.78, 5) is 43.4. The molecule has 2 aliphatic heterocycles. The van der Waals surface area contributed by atoms with Crippen molar-refractivity contribution in [2.45, 2.75) is 18.8 Å². The minimum atomic E-state index is -0.326. The summed E-state index contributed by atoms with van der Waals surface area (Å²) in [6.07, 6.45) is 3.75. The molecule has 2 aromatic rings. The minimum absolute atomic E-state index is 0.135. The van der Waals surface area contributed by atoms with Crippen LogP contribution < -0.4 is 0 Å². The number of amides is 3. The number of rotatable bonds is 3. The molecule has 2 saturated heterocycles. The summed E-state index contributed by atoms with van der Waals surface area (Å²) in [6, 6.07) is 10.2. The Kier molecular flexibility index (Phi) is 4.63. The molecule has 26 heavy (non-hydrogen) atoms. The fourth-order valence-electron chi connectivity index (χ4n) is 3.54. The van der Waals surface area contributed by atoms with Gasteiger partial charge in [0.1, 0.15) is 6.54 Å². The van der Waals surface area contributed by atoms with E-state index in [-0.39, 0.29) is 35.3 Å². The number of piperidine rings is 1. The number of carbonyl (C=O) groups excluding carboxylic acids is 3. The molecule has 0 spiro atoms. The lowest BCUT2D eigenvalue weighted by atomic mass is 9.93. The van der Waals surface area contributed by atoms with Gasteiger partial charge in [0.2, 0.25) is 11.8 Å². The summed E-state index contributed by atoms with van der Waals surface area (Å²) in [6.45, 7) is 1.09. The van der Waals surface area contributed by atoms with E-state index >= 15 is 0 Å². The number of pyridine rings is 1. The maximum Gasteiger partial charge on any atom is 0.289 e. The van der Waals surface area contributed by atoms with Crippen LogP contribution in [0.25, 0.3) is 10.8 Å². The van der Waals surface area contributed by atoms with Gasteiger partial charge >= 0.3 is 0 Å². The number of carbonyl (C=O) groups is 3. The molecular formula is C19H19N3O3S. The van der Waals surface area contributed by atoms with E-state index in [2.05, 4.69) is 17.1 Å². The van der Waals surface area contributed by atoms with Crippen LogP contribution in [0.1, 0.15) is 24.5 Å². The summed E-state index contributed by atoms with van der Waals surface area (Å²) in [5.41, 5.74) is 0.991. The van der Waals surface area contributed by atoms with Crippen LogP contribution in [0.2, 0.25) is 0 Å². The standard InChI is InChI=1S/C19H19N3O3S/c23-17(11-22-18(24)12-26-19(22)25)21-7-3-6-15(10-21)16-8-13-4-1-2-5-14(13)9-20-16/h1-2,4-5,8-9,15H,3,6-7,10-12H2/t15-/m0/s1. The van der Waals surface area contributed by atoms with E-state index in [0.717, 1.165) is 46.0 Å². The van der Waals surface area contributed by atoms with Crippen molar-refractivity contribution in [3.05, 3.63) is 42.2 Å². The van der Waals surface area contributed by atoms with Gasteiger partial charge in [-0.15, -0.1) is 0 Å². The van der Waals surface area contributed by atoms with E-state index in [1.807, 2.05) is 24.4 Å². The monoisotopic (exact) mass is 369 g/mol. The first-order valence-electron chi connectivity index (χ1n) is 8.71. The number of thioether (sulfide) groups is 1. The molecule has 1 aromatic carbocycles. The van der Waals surface area contributed by atoms with Gasteiger partial charge in [0, 0.05) is 36.3 Å². The quantitative estimate of drug-likeness (QED) is 0.832. The van der Waals surface area contributed by atoms with Gasteiger partial charge in [-0.1, -0.05) is 36.0 Å². The zero-order valence-electron chi connectivity index (χ0n) is 14.3. The molecule has 0 N–H and O–H groups in total. The lowest BCUT2D eigenvalue weighted by Gasteiger charge is -2.33. The summed E-state index contributed by atoms with van der Waals surface area (Å²) < 4.78 is 0. The Labute approximate surface area is 155 Å². The molecule has 0 aliphatic carbocycles. The maximum atomic E-state index is 12.6. The molecule has 6 nitrogen and oxygen atoms in total. The third-order valence-corrected chi connectivity index (χ3v) is 5.84. The second-order valence-corrected chi connectivity index (χ2v) is 7.60. The van der Waals surface area contributed by atoms with Crippen LogP contribution in [0.5, 0.6) is 0 Å². The Hall–Kier alpha value is -2.41. The smallest absolute Gasteiger partial charge is 0.289 e. The molecule has 134 valence electrons. The van der Waals surface area contributed by atoms with Gasteiger partial charge in [0.15, 0.2) is 0 Å². The average Bonchev–Trinajstić information content (AvgIpc) is 2.99. The highest BCUT2D eigenvalue weighted by Crippen LogP contribution is 2.28. The van der Waals surface area contributed by atoms with Crippen LogP contribution >= 0.6 is 11.8 Å². The summed E-state index contributed by atoms with van der Waals surface area (Å²) >= 11 is 0.957. The Balaban J connectivity index is 1.47. The molecule has 0 unspecified atom stereocenters. The number of aromatic nitrogens is 1. The number of imide groups is 1. The summed E-state index contributed by atoms with van der Waals surface area (Å²) in [5.74, 6) is -0.134. The highest BCUT2D eigenvalue weighted by atomic mass is 32.2. The Morgan fingerprint density at radius 2 is 2.04 bits per heavy atom. The Morgan fingerprint density at radius 1 is 1.23 bits per heavy atom. The van der Waals surface area contributed by atoms with Crippen LogP contribution in [0, 0.1) is 0 Å². The predicted octanol–water partition coefficient (Wildman–Crippen LogP) is 2.64. The third kappa shape index (κ3) is 3.31. The second kappa shape index (κ2) is 7.07. The van der Waals surface area contributed by atoms with Gasteiger partial charge in [-0.2, -0.15) is 0 Å². The number of hydrogen-bond donors (Lipinski definition) is 0. The SMILES string of the molecule is O=C(CN1C(=O)CSC1=O)N1CCC[C@H](c2cc3ccccc3cn2)C1. The van der Waals surface area contributed by atoms with Crippen LogP contribution in [0.4, 0.5) is 4.79 Å². The van der Waals surface area contributed by atoms with Crippen molar-refractivity contribution in [3.63, 3.8) is 0 Å². The maximum absolute atomic E-state index is 12.6. The summed E-state index contributed by atoms with van der Waals surface area (Å²) in [7, 11) is 0. The number of likely N-dealkylation sites (tertiary alicyclic amines) is 1. The van der Waals surface area contributed by atoms with Crippen molar-refractivity contribution in [1.29, 1.82) is 0 Å². The van der Waals surface area contributed by atoms with E-state index in [1.165, 1.54) is 0 Å². The van der Waals surface area contributed by atoms with Crippen molar-refractivity contribution in [3.8, 4) is 0 Å². The van der Waals surface area contributed by atoms with Gasteiger partial charge in [-0.25, -0.2) is 0 Å². The molecule has 0 bridgehead atoms. The van der Waals surface area contributed by atoms with E-state index in [0.29, 0.717) is 13.1 Å². The van der Waals surface area contributed by atoms with Gasteiger partial charge in [0.25, 0.3) is 5.24 Å². The molecule has 7 heteroatoms. The first kappa shape index (κ1) is 17.0. The highest BCUT2D eigenvalue weighted by Gasteiger charge is 2.34. The van der Waals surface area contributed by atoms with E-state index in [4.69, 9.17) is 0 Å². The number of fused-ring (bicyclic) bond motifs is 1. The van der Waals surface area contributed by atoms with Gasteiger partial charge in [-0.3, -0.25) is 24.3 Å². The predicted molar refractivity (Wildman–Crippen MR) is 99.9 cm³/mol. The van der Waals surface area contributed by atoms with Crippen molar-refractivity contribution >= 4 is 39.6 Å². The molecule has 2 fully saturated rings. The van der Waals surface area contributed by atoms with Crippen LogP contribution in [0.3, 0.4) is 0 Å². The van der Waals surface area contributed by atoms with E-state index in [9.17, 15) is 14.4 Å². The van der Waals surface area contributed by atoms with Crippen molar-refractivity contribution in [2.24, 2.45) is 0 Å². The molecule has 1 aromatic heterocycles. The topological polar surface area (TPSA) is 70.6 Å². The number of benzene rings is 1. The van der Waals surface area contributed by atoms with Gasteiger partial charge < -0.3 is 4.90 Å². The first-order chi connectivity index (χ1) is 12.6. The zero-order valence-corrected chi connectivity index (χ0v) is 15.1. The molecule has 1 atom stereocenters. The Morgan fingerprint density at radius 3 is 2.81 bits per heavy atom. The van der Waals surface area contributed by atoms with Crippen molar-refractivity contribution < 1.29 is 14.4 Å². The molecular weight excluding hydrogens is 350 g/mol. The van der Waals surface area contributed by atoms with Crippen LogP contribution in [-0.2, 0) is 9.59 Å². The first-order valence-corrected chi connectivity index (χ1v) is 9.70. The minimum Gasteiger partial charge on any atom is -0.340 e. The number of nitrogens with zero attached hydrogens (tertiary/aromatic N) is 3. The second-order valence-electron chi connectivity index (χ2n) is 6.67. The fraction of sp³-hybridized carbons (Fsp3) is 0.368. The summed E-state index contributed by atoms with van der Waals surface area (Å²) in [5, 5.41) is 1.92. The molecule has 3 amide bonds. The molecule has 0 saturated carbocycles. The molecule has 2 aliphatic rings. The third-order valence-electron chi connectivity index (χ3n) is 4.98. The normalized spacial score (nSPS) is 20.8. The lowest BCUT2D eigenvalue weighted by Crippen LogP contribution is -2.45. The molecule has 4 rings (SSSR count). The van der Waals surface area contributed by atoms with Crippen LogP contribution in [-0.4, -0.2) is 57.2 Å². The zero-order chi connectivity index (χ0) is 18.1. The van der Waals surface area contributed by atoms with Crippen LogP contribution in [0.15, 0.2) is 36.5 Å². The van der Waals surface area contributed by atoms with E-state index in [1.54, 1.807) is 4.90 Å². The molecule has 3 heterocycles. The highest BCUT2D eigenvalue weighted by molar-refractivity contribution is 8.14. The lowest BCUT2D eigenvalue weighted by molar-refractivity contribution is -0.137. The number of hydrogen-bond acceptors (Lipinski definition) is 5. The average molecular weight is 369 g/mol.